The van der Waals surface area contributed by atoms with Crippen LogP contribution in [0.5, 0.6) is 23.0 Å². The van der Waals surface area contributed by atoms with E-state index in [9.17, 15) is 0 Å². The van der Waals surface area contributed by atoms with Crippen molar-refractivity contribution in [3.63, 3.8) is 0 Å². The van der Waals surface area contributed by atoms with E-state index >= 15 is 0 Å². The van der Waals surface area contributed by atoms with Crippen LogP contribution in [0.2, 0.25) is 0 Å². The van der Waals surface area contributed by atoms with E-state index in [2.05, 4.69) is 0 Å². The van der Waals surface area contributed by atoms with Crippen LogP contribution in [0.25, 0.3) is 0 Å². The van der Waals surface area contributed by atoms with Gasteiger partial charge in [0.15, 0.2) is 11.5 Å². The van der Waals surface area contributed by atoms with Gasteiger partial charge < -0.3 is 19.3 Å². The van der Waals surface area contributed by atoms with Gasteiger partial charge in [-0.25, -0.2) is 0 Å². The number of rotatable bonds is 3. The summed E-state index contributed by atoms with van der Waals surface area (Å²) in [4.78, 5) is 0. The van der Waals surface area contributed by atoms with Crippen LogP contribution < -0.4 is 14.2 Å². The van der Waals surface area contributed by atoms with Crippen LogP contribution in [0.4, 0.5) is 0 Å². The maximum absolute atomic E-state index is 8.95. The third kappa shape index (κ3) is 2.10. The maximum Gasteiger partial charge on any atom is 0.231 e. The van der Waals surface area contributed by atoms with Crippen molar-refractivity contribution in [2.75, 3.05) is 6.79 Å². The van der Waals surface area contributed by atoms with Crippen LogP contribution in [0.15, 0.2) is 42.5 Å². The summed E-state index contributed by atoms with van der Waals surface area (Å²) >= 11 is 0. The molecule has 0 atom stereocenters. The lowest BCUT2D eigenvalue weighted by Gasteiger charge is -2.06. The molecule has 0 aromatic heterocycles. The highest BCUT2D eigenvalue weighted by Crippen LogP contribution is 2.36. The molecule has 0 bridgehead atoms. The van der Waals surface area contributed by atoms with E-state index in [1.54, 1.807) is 6.07 Å². The van der Waals surface area contributed by atoms with Crippen molar-refractivity contribution in [2.45, 2.75) is 6.61 Å². The van der Waals surface area contributed by atoms with Crippen molar-refractivity contribution in [3.8, 4) is 23.0 Å². The van der Waals surface area contributed by atoms with Crippen molar-refractivity contribution in [1.29, 1.82) is 0 Å². The minimum atomic E-state index is 0.0320. The Hall–Kier alpha value is -2.20. The summed E-state index contributed by atoms with van der Waals surface area (Å²) in [6, 6.07) is 12.7. The molecule has 92 valence electrons. The second-order valence-electron chi connectivity index (χ2n) is 3.92. The number of aliphatic hydroxyl groups is 1. The first-order valence-corrected chi connectivity index (χ1v) is 5.62. The number of fused-ring (bicyclic) bond motifs is 1. The number of ether oxygens (including phenoxy) is 3. The van der Waals surface area contributed by atoms with Crippen LogP contribution in [0, 0.1) is 0 Å². The first-order chi connectivity index (χ1) is 8.85. The summed E-state index contributed by atoms with van der Waals surface area (Å²) < 4.78 is 16.2. The number of aliphatic hydroxyl groups excluding tert-OH is 1. The average Bonchev–Trinajstić information content (AvgIpc) is 2.87. The molecular weight excluding hydrogens is 232 g/mol. The van der Waals surface area contributed by atoms with Crippen LogP contribution in [0.3, 0.4) is 0 Å². The summed E-state index contributed by atoms with van der Waals surface area (Å²) in [5.41, 5.74) is 0.855. The van der Waals surface area contributed by atoms with Gasteiger partial charge in [0.05, 0.1) is 6.61 Å². The van der Waals surface area contributed by atoms with E-state index in [-0.39, 0.29) is 13.4 Å². The molecule has 0 radical (unpaired) electrons. The first kappa shape index (κ1) is 10.9. The number of hydrogen-bond acceptors (Lipinski definition) is 4. The Morgan fingerprint density at radius 3 is 2.44 bits per heavy atom. The molecule has 1 aliphatic rings. The molecule has 1 heterocycles. The predicted molar refractivity (Wildman–Crippen MR) is 65.0 cm³/mol. The van der Waals surface area contributed by atoms with E-state index in [0.29, 0.717) is 17.2 Å². The molecule has 18 heavy (non-hydrogen) atoms. The van der Waals surface area contributed by atoms with Gasteiger partial charge in [0.25, 0.3) is 0 Å². The van der Waals surface area contributed by atoms with E-state index in [1.165, 1.54) is 0 Å². The molecule has 0 spiro atoms. The zero-order valence-electron chi connectivity index (χ0n) is 9.63. The summed E-state index contributed by atoms with van der Waals surface area (Å²) in [6.07, 6.45) is 0. The Labute approximate surface area is 104 Å². The second-order valence-corrected chi connectivity index (χ2v) is 3.92. The normalized spacial score (nSPS) is 12.5. The minimum absolute atomic E-state index is 0.0320. The topological polar surface area (TPSA) is 47.9 Å². The maximum atomic E-state index is 8.95. The van der Waals surface area contributed by atoms with Crippen molar-refractivity contribution in [3.05, 3.63) is 48.0 Å². The highest BCUT2D eigenvalue weighted by atomic mass is 16.7. The lowest BCUT2D eigenvalue weighted by Crippen LogP contribution is -1.92. The molecule has 0 unspecified atom stereocenters. The van der Waals surface area contributed by atoms with Gasteiger partial charge in [-0.2, -0.15) is 0 Å². The zero-order valence-corrected chi connectivity index (χ0v) is 9.63. The fourth-order valence-electron chi connectivity index (χ4n) is 1.74. The van der Waals surface area contributed by atoms with E-state index < -0.39 is 0 Å². The van der Waals surface area contributed by atoms with E-state index in [1.807, 2.05) is 36.4 Å². The summed E-state index contributed by atoms with van der Waals surface area (Å²) in [5, 5.41) is 8.95. The Morgan fingerprint density at radius 2 is 1.67 bits per heavy atom. The molecule has 0 saturated heterocycles. The van der Waals surface area contributed by atoms with Gasteiger partial charge in [0.1, 0.15) is 11.5 Å². The fraction of sp³-hybridized carbons (Fsp3) is 0.143. The predicted octanol–water partition coefficient (Wildman–Crippen LogP) is 2.70. The second kappa shape index (κ2) is 4.58. The Morgan fingerprint density at radius 1 is 0.944 bits per heavy atom. The Bertz CT molecular complexity index is 548. The van der Waals surface area contributed by atoms with E-state index in [0.717, 1.165) is 11.3 Å². The SMILES string of the molecule is OCc1ccc(Oc2ccc3c(c2)OCO3)cc1. The molecule has 0 fully saturated rings. The lowest BCUT2D eigenvalue weighted by atomic mass is 10.2. The highest BCUT2D eigenvalue weighted by Gasteiger charge is 2.13. The van der Waals surface area contributed by atoms with Gasteiger partial charge >= 0.3 is 0 Å². The molecule has 0 amide bonds. The average molecular weight is 244 g/mol. The van der Waals surface area contributed by atoms with E-state index in [4.69, 9.17) is 19.3 Å². The first-order valence-electron chi connectivity index (χ1n) is 5.62. The van der Waals surface area contributed by atoms with Gasteiger partial charge in [-0.3, -0.25) is 0 Å². The minimum Gasteiger partial charge on any atom is -0.457 e. The molecule has 2 aromatic carbocycles. The van der Waals surface area contributed by atoms with Crippen molar-refractivity contribution in [2.24, 2.45) is 0 Å². The molecule has 0 aliphatic carbocycles. The molecule has 4 heteroatoms. The quantitative estimate of drug-likeness (QED) is 0.901. The van der Waals surface area contributed by atoms with Crippen molar-refractivity contribution in [1.82, 2.24) is 0 Å². The van der Waals surface area contributed by atoms with Crippen molar-refractivity contribution >= 4 is 0 Å². The standard InChI is InChI=1S/C14H12O4/c15-8-10-1-3-11(4-2-10)18-12-5-6-13-14(7-12)17-9-16-13/h1-7,15H,8-9H2. The van der Waals surface area contributed by atoms with Crippen LogP contribution in [-0.4, -0.2) is 11.9 Å². The van der Waals surface area contributed by atoms with Gasteiger partial charge in [-0.1, -0.05) is 12.1 Å². The van der Waals surface area contributed by atoms with Gasteiger partial charge in [-0.05, 0) is 29.8 Å². The van der Waals surface area contributed by atoms with Crippen LogP contribution in [-0.2, 0) is 6.61 Å². The third-order valence-corrected chi connectivity index (χ3v) is 2.69. The molecule has 1 aliphatic heterocycles. The van der Waals surface area contributed by atoms with Gasteiger partial charge in [0.2, 0.25) is 6.79 Å². The zero-order chi connectivity index (χ0) is 12.4. The summed E-state index contributed by atoms with van der Waals surface area (Å²) in [6.45, 7) is 0.286. The largest absolute Gasteiger partial charge is 0.457 e. The summed E-state index contributed by atoms with van der Waals surface area (Å²) in [5.74, 6) is 2.83. The van der Waals surface area contributed by atoms with Crippen LogP contribution in [0.1, 0.15) is 5.56 Å². The third-order valence-electron chi connectivity index (χ3n) is 2.69. The van der Waals surface area contributed by atoms with Gasteiger partial charge in [-0.15, -0.1) is 0 Å². The van der Waals surface area contributed by atoms with Crippen LogP contribution >= 0.6 is 0 Å². The smallest absolute Gasteiger partial charge is 0.231 e. The van der Waals surface area contributed by atoms with Gasteiger partial charge in [0, 0.05) is 6.07 Å². The Kier molecular flexibility index (Phi) is 2.78. The fourth-order valence-corrected chi connectivity index (χ4v) is 1.74. The number of benzene rings is 2. The molecule has 2 aromatic rings. The highest BCUT2D eigenvalue weighted by molar-refractivity contribution is 5.48. The Balaban J connectivity index is 1.79. The molecule has 4 nitrogen and oxygen atoms in total. The molecule has 3 rings (SSSR count). The summed E-state index contributed by atoms with van der Waals surface area (Å²) in [7, 11) is 0. The molecule has 1 N–H and O–H groups in total. The molecular formula is C14H12O4. The lowest BCUT2D eigenvalue weighted by molar-refractivity contribution is 0.174. The number of hydrogen-bond donors (Lipinski definition) is 1. The monoisotopic (exact) mass is 244 g/mol. The molecule has 0 saturated carbocycles. The van der Waals surface area contributed by atoms with Crippen molar-refractivity contribution < 1.29 is 19.3 Å².